The van der Waals surface area contributed by atoms with E-state index in [1.807, 2.05) is 6.92 Å². The van der Waals surface area contributed by atoms with Crippen LogP contribution in [0.15, 0.2) is 55.1 Å². The van der Waals surface area contributed by atoms with Crippen LogP contribution in [0.4, 0.5) is 9.59 Å². The molecular formula is C42H50N4O9. The SMILES string of the molecule is C=Cc1cc(C(=O)Cc2ccc(C(=N)NC(=O)OCCCCCC)cc2)c(-c2ccc(C(=O)NCC3CC3)nc2C(=O)OC(C)OC(=O)OC(C)C)cc1C. The van der Waals surface area contributed by atoms with Gasteiger partial charge >= 0.3 is 18.2 Å². The van der Waals surface area contributed by atoms with Crippen LogP contribution < -0.4 is 10.6 Å². The molecule has 2 aromatic carbocycles. The van der Waals surface area contributed by atoms with E-state index < -0.39 is 36.5 Å². The molecule has 292 valence electrons. The minimum Gasteiger partial charge on any atom is -0.449 e. The molecular weight excluding hydrogens is 704 g/mol. The second-order valence-electron chi connectivity index (χ2n) is 13.7. The molecule has 3 aromatic rings. The molecule has 3 N–H and O–H groups in total. The summed E-state index contributed by atoms with van der Waals surface area (Å²) in [6.07, 6.45) is 3.91. The standard InChI is InChI=1S/C42H50N4O9/c1-7-9-10-11-20-52-41(50)46-38(43)31-16-14-28(15-17-31)22-36(47)34-23-30(8-2)26(5)21-33(34)32-18-19-35(39(48)44-24-29-12-13-29)45-37(32)40(49)54-27(6)55-42(51)53-25(3)4/h8,14-19,21,23,25,27,29H,2,7,9-13,20,22,24H2,1,3-6H3,(H,44,48)(H2,43,46,50). The van der Waals surface area contributed by atoms with Gasteiger partial charge in [-0.25, -0.2) is 19.4 Å². The number of benzene rings is 2. The Labute approximate surface area is 321 Å². The maximum absolute atomic E-state index is 14.1. The van der Waals surface area contributed by atoms with Gasteiger partial charge in [-0.3, -0.25) is 20.3 Å². The molecule has 0 aliphatic heterocycles. The third kappa shape index (κ3) is 12.6. The fourth-order valence-electron chi connectivity index (χ4n) is 5.57. The first-order chi connectivity index (χ1) is 26.3. The number of nitrogens with one attached hydrogen (secondary N) is 3. The lowest BCUT2D eigenvalue weighted by atomic mass is 9.89. The minimum atomic E-state index is -1.37. The maximum Gasteiger partial charge on any atom is 0.511 e. The number of Topliss-reactive ketones (excluding diaryl/α,β-unsaturated/α-hetero) is 1. The summed E-state index contributed by atoms with van der Waals surface area (Å²) in [5.74, 6) is -1.50. The minimum absolute atomic E-state index is 0.0307. The van der Waals surface area contributed by atoms with Crippen LogP contribution in [-0.4, -0.2) is 66.3 Å². The fourth-order valence-corrected chi connectivity index (χ4v) is 5.57. The summed E-state index contributed by atoms with van der Waals surface area (Å²) >= 11 is 0. The monoisotopic (exact) mass is 754 g/mol. The number of rotatable bonds is 18. The lowest BCUT2D eigenvalue weighted by Gasteiger charge is -2.18. The smallest absolute Gasteiger partial charge is 0.449 e. The van der Waals surface area contributed by atoms with Crippen molar-refractivity contribution >= 4 is 41.8 Å². The number of ketones is 1. The molecule has 1 saturated carbocycles. The van der Waals surface area contributed by atoms with Crippen LogP contribution in [0.25, 0.3) is 17.2 Å². The Bertz CT molecular complexity index is 1900. The quantitative estimate of drug-likeness (QED) is 0.0219. The van der Waals surface area contributed by atoms with E-state index in [0.29, 0.717) is 34.7 Å². The zero-order valence-electron chi connectivity index (χ0n) is 32.1. The highest BCUT2D eigenvalue weighted by Gasteiger charge is 2.27. The average molecular weight is 755 g/mol. The summed E-state index contributed by atoms with van der Waals surface area (Å²) in [7, 11) is 0. The van der Waals surface area contributed by atoms with Crippen molar-refractivity contribution in [1.82, 2.24) is 15.6 Å². The Balaban J connectivity index is 1.60. The van der Waals surface area contributed by atoms with E-state index in [1.165, 1.54) is 19.1 Å². The number of alkyl carbamates (subject to hydrolysis) is 1. The van der Waals surface area contributed by atoms with Crippen LogP contribution in [0.2, 0.25) is 0 Å². The summed E-state index contributed by atoms with van der Waals surface area (Å²) in [6, 6.07) is 13.1. The Morgan fingerprint density at radius 1 is 0.945 bits per heavy atom. The fraction of sp³-hybridized carbons (Fsp3) is 0.405. The number of aromatic nitrogens is 1. The third-order valence-corrected chi connectivity index (χ3v) is 8.72. The molecule has 0 spiro atoms. The number of pyridine rings is 1. The van der Waals surface area contributed by atoms with E-state index in [9.17, 15) is 24.0 Å². The molecule has 1 heterocycles. The highest BCUT2D eigenvalue weighted by molar-refractivity contribution is 6.08. The van der Waals surface area contributed by atoms with Gasteiger partial charge in [0.15, 0.2) is 11.5 Å². The summed E-state index contributed by atoms with van der Waals surface area (Å²) < 4.78 is 20.7. The molecule has 0 saturated heterocycles. The highest BCUT2D eigenvalue weighted by Crippen LogP contribution is 2.32. The molecule has 1 unspecified atom stereocenters. The van der Waals surface area contributed by atoms with Gasteiger partial charge in [0.2, 0.25) is 6.29 Å². The topological polar surface area (TPSA) is 183 Å². The number of ether oxygens (including phenoxy) is 4. The molecule has 0 bridgehead atoms. The van der Waals surface area contributed by atoms with Crippen LogP contribution >= 0.6 is 0 Å². The first kappa shape index (κ1) is 41.9. The summed E-state index contributed by atoms with van der Waals surface area (Å²) in [6.45, 7) is 13.2. The second kappa shape index (κ2) is 20.0. The van der Waals surface area contributed by atoms with Gasteiger partial charge in [-0.1, -0.05) is 69.2 Å². The van der Waals surface area contributed by atoms with Crippen molar-refractivity contribution in [3.05, 3.63) is 94.3 Å². The lowest BCUT2D eigenvalue weighted by molar-refractivity contribution is -0.0868. The Morgan fingerprint density at radius 2 is 1.67 bits per heavy atom. The molecule has 1 aliphatic rings. The number of amides is 2. The number of unbranched alkanes of at least 4 members (excludes halogenated alkanes) is 3. The lowest BCUT2D eigenvalue weighted by Crippen LogP contribution is -2.31. The zero-order valence-corrected chi connectivity index (χ0v) is 32.1. The van der Waals surface area contributed by atoms with E-state index in [1.54, 1.807) is 56.3 Å². The Kier molecular flexibility index (Phi) is 15.2. The number of carbonyl (C=O) groups is 5. The predicted octanol–water partition coefficient (Wildman–Crippen LogP) is 7.96. The largest absolute Gasteiger partial charge is 0.511 e. The molecule has 1 aromatic heterocycles. The van der Waals surface area contributed by atoms with Crippen LogP contribution in [0.3, 0.4) is 0 Å². The van der Waals surface area contributed by atoms with E-state index >= 15 is 0 Å². The molecule has 2 amide bonds. The van der Waals surface area contributed by atoms with Gasteiger partial charge in [0.05, 0.1) is 12.7 Å². The number of aryl methyl sites for hydroxylation is 1. The molecule has 13 heteroatoms. The first-order valence-electron chi connectivity index (χ1n) is 18.6. The van der Waals surface area contributed by atoms with E-state index in [4.69, 9.17) is 24.4 Å². The molecule has 55 heavy (non-hydrogen) atoms. The van der Waals surface area contributed by atoms with Crippen LogP contribution in [0.5, 0.6) is 0 Å². The van der Waals surface area contributed by atoms with Crippen molar-refractivity contribution in [1.29, 1.82) is 5.41 Å². The maximum atomic E-state index is 14.1. The molecule has 13 nitrogen and oxygen atoms in total. The third-order valence-electron chi connectivity index (χ3n) is 8.72. The Hall–Kier alpha value is -5.85. The number of carbonyl (C=O) groups excluding carboxylic acids is 5. The normalized spacial score (nSPS) is 12.6. The average Bonchev–Trinajstić information content (AvgIpc) is 3.98. The van der Waals surface area contributed by atoms with Gasteiger partial charge in [0.25, 0.3) is 5.91 Å². The number of esters is 1. The van der Waals surface area contributed by atoms with Gasteiger partial charge in [0, 0.05) is 36.6 Å². The Morgan fingerprint density at radius 3 is 2.33 bits per heavy atom. The first-order valence-corrected chi connectivity index (χ1v) is 18.6. The predicted molar refractivity (Wildman–Crippen MR) is 207 cm³/mol. The van der Waals surface area contributed by atoms with Crippen molar-refractivity contribution < 1.29 is 42.9 Å². The summed E-state index contributed by atoms with van der Waals surface area (Å²) in [5.41, 5.74) is 3.05. The summed E-state index contributed by atoms with van der Waals surface area (Å²) in [4.78, 5) is 69.5. The van der Waals surface area contributed by atoms with Crippen molar-refractivity contribution in [3.8, 4) is 11.1 Å². The van der Waals surface area contributed by atoms with Gasteiger partial charge in [-0.15, -0.1) is 0 Å². The number of hydrogen-bond acceptors (Lipinski definition) is 11. The molecule has 1 fully saturated rings. The van der Waals surface area contributed by atoms with Gasteiger partial charge in [0.1, 0.15) is 11.5 Å². The zero-order chi connectivity index (χ0) is 40.1. The van der Waals surface area contributed by atoms with Crippen LogP contribution in [-0.2, 0) is 25.4 Å². The molecule has 1 atom stereocenters. The van der Waals surface area contributed by atoms with Crippen LogP contribution in [0, 0.1) is 18.3 Å². The number of hydrogen-bond donors (Lipinski definition) is 3. The number of nitrogens with zero attached hydrogens (tertiary/aromatic N) is 1. The van der Waals surface area contributed by atoms with Crippen molar-refractivity contribution in [2.75, 3.05) is 13.2 Å². The number of amidine groups is 1. The van der Waals surface area contributed by atoms with E-state index in [0.717, 1.165) is 44.1 Å². The van der Waals surface area contributed by atoms with Crippen LogP contribution in [0.1, 0.15) is 120 Å². The van der Waals surface area contributed by atoms with E-state index in [2.05, 4.69) is 29.1 Å². The van der Waals surface area contributed by atoms with Crippen molar-refractivity contribution in [3.63, 3.8) is 0 Å². The molecule has 4 rings (SSSR count). The van der Waals surface area contributed by atoms with Crippen molar-refractivity contribution in [2.45, 2.75) is 92.0 Å². The van der Waals surface area contributed by atoms with Gasteiger partial charge < -0.3 is 24.3 Å². The van der Waals surface area contributed by atoms with Gasteiger partial charge in [-0.2, -0.15) is 0 Å². The van der Waals surface area contributed by atoms with Gasteiger partial charge in [-0.05, 0) is 86.4 Å². The van der Waals surface area contributed by atoms with Crippen molar-refractivity contribution in [2.24, 2.45) is 5.92 Å². The molecule has 1 aliphatic carbocycles. The second-order valence-corrected chi connectivity index (χ2v) is 13.7. The molecule has 0 radical (unpaired) electrons. The van der Waals surface area contributed by atoms with E-state index in [-0.39, 0.29) is 47.2 Å². The summed E-state index contributed by atoms with van der Waals surface area (Å²) in [5, 5.41) is 13.6. The highest BCUT2D eigenvalue weighted by atomic mass is 16.8.